The molecule has 25 heavy (non-hydrogen) atoms. The van der Waals surface area contributed by atoms with Gasteiger partial charge in [0.25, 0.3) is 5.91 Å². The number of aryl methyl sites for hydroxylation is 1. The smallest absolute Gasteiger partial charge is 0.259 e. The fourth-order valence-corrected chi connectivity index (χ4v) is 3.74. The Balaban J connectivity index is 1.54. The minimum Gasteiger partial charge on any atom is -0.360 e. The normalized spacial score (nSPS) is 14.8. The fraction of sp³-hybridized carbons (Fsp3) is 0.278. The van der Waals surface area contributed by atoms with Crippen molar-refractivity contribution in [2.24, 2.45) is 0 Å². The number of rotatable bonds is 3. The van der Waals surface area contributed by atoms with E-state index in [0.29, 0.717) is 30.1 Å². The molecule has 6 nitrogen and oxygen atoms in total. The molecule has 0 N–H and O–H groups in total. The Bertz CT molecular complexity index is 853. The summed E-state index contributed by atoms with van der Waals surface area (Å²) in [7, 11) is 0. The summed E-state index contributed by atoms with van der Waals surface area (Å²) >= 11 is 1.63. The number of hydrogen-bond acceptors (Lipinski definition) is 6. The Hall–Kier alpha value is -2.67. The van der Waals surface area contributed by atoms with Crippen molar-refractivity contribution in [3.63, 3.8) is 0 Å². The van der Waals surface area contributed by atoms with Crippen molar-refractivity contribution < 1.29 is 9.32 Å². The van der Waals surface area contributed by atoms with Gasteiger partial charge in [0.2, 0.25) is 0 Å². The van der Waals surface area contributed by atoms with Gasteiger partial charge in [-0.1, -0.05) is 35.5 Å². The van der Waals surface area contributed by atoms with E-state index in [2.05, 4.69) is 15.0 Å². The molecule has 4 rings (SSSR count). The number of piperazine rings is 1. The first-order valence-electron chi connectivity index (χ1n) is 8.19. The molecule has 0 bridgehead atoms. The lowest BCUT2D eigenvalue weighted by Gasteiger charge is -2.34. The topological polar surface area (TPSA) is 62.5 Å². The highest BCUT2D eigenvalue weighted by molar-refractivity contribution is 7.13. The van der Waals surface area contributed by atoms with Crippen LogP contribution in [-0.4, -0.2) is 47.1 Å². The van der Waals surface area contributed by atoms with Gasteiger partial charge in [-0.3, -0.25) is 4.79 Å². The number of nitrogens with zero attached hydrogens (tertiary/aromatic N) is 4. The van der Waals surface area contributed by atoms with Crippen LogP contribution < -0.4 is 4.90 Å². The van der Waals surface area contributed by atoms with Crippen LogP contribution in [0.3, 0.4) is 0 Å². The lowest BCUT2D eigenvalue weighted by atomic mass is 10.0. The van der Waals surface area contributed by atoms with E-state index in [9.17, 15) is 4.79 Å². The van der Waals surface area contributed by atoms with E-state index in [1.807, 2.05) is 46.8 Å². The van der Waals surface area contributed by atoms with Crippen LogP contribution in [0.5, 0.6) is 0 Å². The molecular formula is C18H18N4O2S. The summed E-state index contributed by atoms with van der Waals surface area (Å²) < 4.78 is 5.33. The SMILES string of the molecule is Cc1onc(-c2ccccc2)c1C(=O)N1CCN(c2nccs2)CC1. The van der Waals surface area contributed by atoms with Crippen LogP contribution in [0, 0.1) is 6.92 Å². The molecular weight excluding hydrogens is 336 g/mol. The van der Waals surface area contributed by atoms with E-state index in [-0.39, 0.29) is 5.91 Å². The summed E-state index contributed by atoms with van der Waals surface area (Å²) in [5.41, 5.74) is 2.07. The zero-order valence-electron chi connectivity index (χ0n) is 13.9. The summed E-state index contributed by atoms with van der Waals surface area (Å²) in [6, 6.07) is 9.68. The molecule has 0 aliphatic carbocycles. The van der Waals surface area contributed by atoms with Crippen molar-refractivity contribution in [2.45, 2.75) is 6.92 Å². The van der Waals surface area contributed by atoms with Crippen molar-refractivity contribution in [1.29, 1.82) is 0 Å². The van der Waals surface area contributed by atoms with Crippen molar-refractivity contribution in [1.82, 2.24) is 15.0 Å². The summed E-state index contributed by atoms with van der Waals surface area (Å²) in [6.45, 7) is 4.68. The number of benzene rings is 1. The maximum Gasteiger partial charge on any atom is 0.259 e. The summed E-state index contributed by atoms with van der Waals surface area (Å²) in [5, 5.41) is 7.10. The maximum atomic E-state index is 13.1. The van der Waals surface area contributed by atoms with Crippen LogP contribution in [0.25, 0.3) is 11.3 Å². The molecule has 0 radical (unpaired) electrons. The molecule has 1 aliphatic heterocycles. The largest absolute Gasteiger partial charge is 0.360 e. The van der Waals surface area contributed by atoms with Gasteiger partial charge in [0.05, 0.1) is 0 Å². The second-order valence-electron chi connectivity index (χ2n) is 5.92. The summed E-state index contributed by atoms with van der Waals surface area (Å²) in [5.74, 6) is 0.544. The Morgan fingerprint density at radius 1 is 1.16 bits per heavy atom. The molecule has 7 heteroatoms. The van der Waals surface area contributed by atoms with Gasteiger partial charge in [-0.05, 0) is 6.92 Å². The Kier molecular flexibility index (Phi) is 4.23. The molecule has 0 unspecified atom stereocenters. The molecule has 3 heterocycles. The van der Waals surface area contributed by atoms with Crippen LogP contribution in [0.1, 0.15) is 16.1 Å². The Morgan fingerprint density at radius 3 is 2.60 bits per heavy atom. The third kappa shape index (κ3) is 3.02. The lowest BCUT2D eigenvalue weighted by Crippen LogP contribution is -2.49. The molecule has 2 aromatic heterocycles. The second kappa shape index (κ2) is 6.68. The molecule has 0 saturated carbocycles. The minimum absolute atomic E-state index is 0.0172. The second-order valence-corrected chi connectivity index (χ2v) is 6.80. The molecule has 3 aromatic rings. The molecule has 1 saturated heterocycles. The fourth-order valence-electron chi connectivity index (χ4n) is 3.05. The molecule has 0 atom stereocenters. The van der Waals surface area contributed by atoms with Crippen LogP contribution in [0.15, 0.2) is 46.4 Å². The molecule has 1 fully saturated rings. The first kappa shape index (κ1) is 15.8. The third-order valence-corrected chi connectivity index (χ3v) is 5.21. The van der Waals surface area contributed by atoms with Crippen molar-refractivity contribution in [3.8, 4) is 11.3 Å². The molecule has 1 aliphatic rings. The van der Waals surface area contributed by atoms with Crippen LogP contribution >= 0.6 is 11.3 Å². The van der Waals surface area contributed by atoms with Gasteiger partial charge < -0.3 is 14.3 Å². The zero-order chi connectivity index (χ0) is 17.2. The van der Waals surface area contributed by atoms with Crippen molar-refractivity contribution >= 4 is 22.4 Å². The van der Waals surface area contributed by atoms with E-state index in [4.69, 9.17) is 4.52 Å². The maximum absolute atomic E-state index is 13.1. The number of anilines is 1. The Morgan fingerprint density at radius 2 is 1.92 bits per heavy atom. The van der Waals surface area contributed by atoms with Crippen LogP contribution in [0.4, 0.5) is 5.13 Å². The van der Waals surface area contributed by atoms with Gasteiger partial charge >= 0.3 is 0 Å². The van der Waals surface area contributed by atoms with E-state index < -0.39 is 0 Å². The van der Waals surface area contributed by atoms with Crippen LogP contribution in [0.2, 0.25) is 0 Å². The Labute approximate surface area is 149 Å². The average Bonchev–Trinajstić information content (AvgIpc) is 3.32. The average molecular weight is 354 g/mol. The summed E-state index contributed by atoms with van der Waals surface area (Å²) in [6.07, 6.45) is 1.81. The number of carbonyl (C=O) groups excluding carboxylic acids is 1. The third-order valence-electron chi connectivity index (χ3n) is 4.38. The highest BCUT2D eigenvalue weighted by Crippen LogP contribution is 2.27. The number of carbonyl (C=O) groups is 1. The van der Waals surface area contributed by atoms with E-state index >= 15 is 0 Å². The molecule has 1 amide bonds. The van der Waals surface area contributed by atoms with Gasteiger partial charge in [0.1, 0.15) is 17.0 Å². The van der Waals surface area contributed by atoms with Gasteiger partial charge in [-0.25, -0.2) is 4.98 Å². The number of hydrogen-bond donors (Lipinski definition) is 0. The van der Waals surface area contributed by atoms with Gasteiger partial charge in [0, 0.05) is 43.3 Å². The highest BCUT2D eigenvalue weighted by Gasteiger charge is 2.29. The predicted octanol–water partition coefficient (Wildman–Crippen LogP) is 3.07. The number of amides is 1. The molecule has 1 aromatic carbocycles. The van der Waals surface area contributed by atoms with Crippen LogP contribution in [-0.2, 0) is 0 Å². The molecule has 128 valence electrons. The van der Waals surface area contributed by atoms with E-state index in [1.165, 1.54) is 0 Å². The predicted molar refractivity (Wildman–Crippen MR) is 96.9 cm³/mol. The summed E-state index contributed by atoms with van der Waals surface area (Å²) in [4.78, 5) is 21.5. The highest BCUT2D eigenvalue weighted by atomic mass is 32.1. The molecule has 0 spiro atoms. The van der Waals surface area contributed by atoms with Gasteiger partial charge in [-0.2, -0.15) is 0 Å². The van der Waals surface area contributed by atoms with Gasteiger partial charge in [0.15, 0.2) is 5.13 Å². The van der Waals surface area contributed by atoms with Crippen molar-refractivity contribution in [2.75, 3.05) is 31.1 Å². The van der Waals surface area contributed by atoms with Crippen molar-refractivity contribution in [3.05, 3.63) is 53.2 Å². The van der Waals surface area contributed by atoms with Gasteiger partial charge in [-0.15, -0.1) is 11.3 Å². The first-order chi connectivity index (χ1) is 12.2. The van der Waals surface area contributed by atoms with E-state index in [0.717, 1.165) is 23.8 Å². The standard InChI is InChI=1S/C18H18N4O2S/c1-13-15(16(20-24-13)14-5-3-2-4-6-14)17(23)21-8-10-22(11-9-21)18-19-7-12-25-18/h2-7,12H,8-11H2,1H3. The van der Waals surface area contributed by atoms with E-state index in [1.54, 1.807) is 18.3 Å². The number of aromatic nitrogens is 2. The zero-order valence-corrected chi connectivity index (χ0v) is 14.7. The lowest BCUT2D eigenvalue weighted by molar-refractivity contribution is 0.0745. The minimum atomic E-state index is -0.0172. The quantitative estimate of drug-likeness (QED) is 0.723. The monoisotopic (exact) mass is 354 g/mol. The first-order valence-corrected chi connectivity index (χ1v) is 9.07. The number of thiazole rings is 1.